The molecule has 0 bridgehead atoms. The van der Waals surface area contributed by atoms with E-state index in [0.29, 0.717) is 6.54 Å². The fourth-order valence-corrected chi connectivity index (χ4v) is 5.29. The molecule has 0 radical (unpaired) electrons. The molecule has 0 atom stereocenters. The molecule has 0 aliphatic carbocycles. The van der Waals surface area contributed by atoms with E-state index in [1.54, 1.807) is 40.1 Å². The summed E-state index contributed by atoms with van der Waals surface area (Å²) >= 11 is 4.52. The fourth-order valence-electron chi connectivity index (χ4n) is 2.56. The largest absolute Gasteiger partial charge is 0.443 e. The van der Waals surface area contributed by atoms with Gasteiger partial charge in [0, 0.05) is 22.7 Å². The second kappa shape index (κ2) is 7.06. The second-order valence-electron chi connectivity index (χ2n) is 6.90. The van der Waals surface area contributed by atoms with Crippen LogP contribution >= 0.6 is 34.2 Å². The molecule has 4 aromatic heterocycles. The van der Waals surface area contributed by atoms with Gasteiger partial charge >= 0.3 is 6.09 Å². The van der Waals surface area contributed by atoms with E-state index in [2.05, 4.69) is 9.36 Å². The molecule has 6 nitrogen and oxygen atoms in total. The predicted molar refractivity (Wildman–Crippen MR) is 111 cm³/mol. The number of thiophene rings is 2. The minimum Gasteiger partial charge on any atom is -0.443 e. The molecule has 0 saturated carbocycles. The first-order valence-corrected chi connectivity index (χ1v) is 10.8. The van der Waals surface area contributed by atoms with Gasteiger partial charge in [-0.3, -0.25) is 4.90 Å². The van der Waals surface area contributed by atoms with E-state index in [-0.39, 0.29) is 6.09 Å². The maximum Gasteiger partial charge on any atom is 0.415 e. The van der Waals surface area contributed by atoms with Gasteiger partial charge in [-0.15, -0.1) is 22.7 Å². The van der Waals surface area contributed by atoms with Crippen LogP contribution in [0.3, 0.4) is 0 Å². The third-order valence-electron chi connectivity index (χ3n) is 3.70. The van der Waals surface area contributed by atoms with E-state index in [4.69, 9.17) is 4.74 Å². The molecule has 140 valence electrons. The summed E-state index contributed by atoms with van der Waals surface area (Å²) in [7, 11) is 0. The summed E-state index contributed by atoms with van der Waals surface area (Å²) in [5, 5.41) is 4.85. The standard InChI is InChI=1S/C18H18N4O2S3/c1-18(2,3)24-17(23)22(9-12-5-4-8-25-12)16-15-14(20-27-16)13(10-26-15)21-7-6-19-11-21/h4-8,10-11H,9H2,1-3H3. The number of carbonyl (C=O) groups excluding carboxylic acids is 1. The first kappa shape index (κ1) is 18.1. The van der Waals surface area contributed by atoms with E-state index in [9.17, 15) is 4.79 Å². The predicted octanol–water partition coefficient (Wildman–Crippen LogP) is 5.55. The Morgan fingerprint density at radius 2 is 2.19 bits per heavy atom. The lowest BCUT2D eigenvalue weighted by Gasteiger charge is -2.26. The first-order chi connectivity index (χ1) is 12.9. The van der Waals surface area contributed by atoms with Crippen LogP contribution in [-0.4, -0.2) is 25.6 Å². The number of carbonyl (C=O) groups is 1. The molecule has 0 aromatic carbocycles. The van der Waals surface area contributed by atoms with Gasteiger partial charge in [0.05, 0.1) is 23.3 Å². The Morgan fingerprint density at radius 3 is 2.85 bits per heavy atom. The van der Waals surface area contributed by atoms with Gasteiger partial charge < -0.3 is 9.30 Å². The van der Waals surface area contributed by atoms with Gasteiger partial charge in [0.15, 0.2) is 0 Å². The summed E-state index contributed by atoms with van der Waals surface area (Å²) in [6, 6.07) is 4.00. The summed E-state index contributed by atoms with van der Waals surface area (Å²) in [5.74, 6) is 0. The minimum atomic E-state index is -0.563. The lowest BCUT2D eigenvalue weighted by molar-refractivity contribution is 0.0579. The number of amides is 1. The van der Waals surface area contributed by atoms with Crippen LogP contribution in [0.5, 0.6) is 0 Å². The monoisotopic (exact) mass is 418 g/mol. The fraction of sp³-hybridized carbons (Fsp3) is 0.278. The first-order valence-electron chi connectivity index (χ1n) is 8.30. The van der Waals surface area contributed by atoms with Gasteiger partial charge in [-0.2, -0.15) is 4.37 Å². The Morgan fingerprint density at radius 1 is 1.33 bits per heavy atom. The molecular formula is C18H18N4O2S3. The summed E-state index contributed by atoms with van der Waals surface area (Å²) in [5.41, 5.74) is 1.28. The van der Waals surface area contributed by atoms with Crippen molar-refractivity contribution in [1.29, 1.82) is 0 Å². The highest BCUT2D eigenvalue weighted by molar-refractivity contribution is 7.24. The summed E-state index contributed by atoms with van der Waals surface area (Å²) < 4.78 is 13.2. The molecule has 0 N–H and O–H groups in total. The van der Waals surface area contributed by atoms with Crippen LogP contribution in [0.4, 0.5) is 9.80 Å². The number of ether oxygens (including phenoxy) is 1. The number of rotatable bonds is 4. The lowest BCUT2D eigenvalue weighted by atomic mass is 10.2. The van der Waals surface area contributed by atoms with Crippen LogP contribution in [0, 0.1) is 0 Å². The molecule has 0 saturated heterocycles. The average molecular weight is 419 g/mol. The van der Waals surface area contributed by atoms with Crippen molar-refractivity contribution in [1.82, 2.24) is 13.9 Å². The number of anilines is 1. The Labute approximate surface area is 168 Å². The van der Waals surface area contributed by atoms with E-state index in [1.165, 1.54) is 11.5 Å². The van der Waals surface area contributed by atoms with E-state index >= 15 is 0 Å². The minimum absolute atomic E-state index is 0.362. The summed E-state index contributed by atoms with van der Waals surface area (Å²) in [6.45, 7) is 6.08. The molecule has 0 fully saturated rings. The molecular weight excluding hydrogens is 400 g/mol. The van der Waals surface area contributed by atoms with Crippen molar-refractivity contribution in [2.24, 2.45) is 0 Å². The van der Waals surface area contributed by atoms with Crippen LogP contribution in [0.15, 0.2) is 41.6 Å². The zero-order valence-electron chi connectivity index (χ0n) is 15.1. The smallest absolute Gasteiger partial charge is 0.415 e. The van der Waals surface area contributed by atoms with Gasteiger partial charge in [0.2, 0.25) is 0 Å². The summed E-state index contributed by atoms with van der Waals surface area (Å²) in [6.07, 6.45) is 5.01. The van der Waals surface area contributed by atoms with Crippen molar-refractivity contribution in [3.8, 4) is 5.69 Å². The van der Waals surface area contributed by atoms with E-state index < -0.39 is 5.60 Å². The average Bonchev–Trinajstić information content (AvgIpc) is 3.34. The summed E-state index contributed by atoms with van der Waals surface area (Å²) in [4.78, 5) is 19.8. The highest BCUT2D eigenvalue weighted by Crippen LogP contribution is 2.40. The van der Waals surface area contributed by atoms with Crippen molar-refractivity contribution in [2.45, 2.75) is 32.9 Å². The Bertz CT molecular complexity index is 1040. The number of hydrogen-bond donors (Lipinski definition) is 0. The van der Waals surface area contributed by atoms with Crippen molar-refractivity contribution in [2.75, 3.05) is 4.90 Å². The van der Waals surface area contributed by atoms with Crippen molar-refractivity contribution >= 4 is 55.5 Å². The zero-order valence-corrected chi connectivity index (χ0v) is 17.5. The number of aromatic nitrogens is 3. The van der Waals surface area contributed by atoms with Crippen LogP contribution in [0.1, 0.15) is 25.6 Å². The molecule has 1 amide bonds. The highest BCUT2D eigenvalue weighted by atomic mass is 32.1. The second-order valence-corrected chi connectivity index (χ2v) is 9.57. The third-order valence-corrected chi connectivity index (χ3v) is 6.52. The van der Waals surface area contributed by atoms with Gasteiger partial charge in [0.25, 0.3) is 0 Å². The van der Waals surface area contributed by atoms with Crippen molar-refractivity contribution < 1.29 is 9.53 Å². The Hall–Kier alpha value is -2.23. The molecule has 0 aliphatic rings. The van der Waals surface area contributed by atoms with Gasteiger partial charge in [-0.1, -0.05) is 6.07 Å². The molecule has 27 heavy (non-hydrogen) atoms. The third kappa shape index (κ3) is 3.76. The zero-order chi connectivity index (χ0) is 19.0. The van der Waals surface area contributed by atoms with Crippen molar-refractivity contribution in [3.05, 3.63) is 46.5 Å². The molecule has 0 aliphatic heterocycles. The Kier molecular flexibility index (Phi) is 4.75. The number of hydrogen-bond acceptors (Lipinski definition) is 7. The van der Waals surface area contributed by atoms with Gasteiger partial charge in [-0.25, -0.2) is 9.78 Å². The van der Waals surface area contributed by atoms with E-state index in [0.717, 1.165) is 25.8 Å². The van der Waals surface area contributed by atoms with Gasteiger partial charge in [-0.05, 0) is 43.8 Å². The maximum absolute atomic E-state index is 12.9. The Balaban J connectivity index is 1.74. The van der Waals surface area contributed by atoms with E-state index in [1.807, 2.05) is 54.4 Å². The number of nitrogens with zero attached hydrogens (tertiary/aromatic N) is 4. The topological polar surface area (TPSA) is 60.2 Å². The van der Waals surface area contributed by atoms with Crippen LogP contribution < -0.4 is 4.90 Å². The van der Waals surface area contributed by atoms with Gasteiger partial charge in [0.1, 0.15) is 16.1 Å². The van der Waals surface area contributed by atoms with Crippen LogP contribution in [0.2, 0.25) is 0 Å². The maximum atomic E-state index is 12.9. The molecule has 4 heterocycles. The number of imidazole rings is 1. The van der Waals surface area contributed by atoms with Crippen molar-refractivity contribution in [3.63, 3.8) is 0 Å². The quantitative estimate of drug-likeness (QED) is 0.436. The lowest BCUT2D eigenvalue weighted by Crippen LogP contribution is -2.36. The molecule has 0 unspecified atom stereocenters. The highest BCUT2D eigenvalue weighted by Gasteiger charge is 2.28. The van der Waals surface area contributed by atoms with Crippen LogP contribution in [-0.2, 0) is 11.3 Å². The normalized spacial score (nSPS) is 11.8. The number of fused-ring (bicyclic) bond motifs is 1. The molecule has 4 aromatic rings. The SMILES string of the molecule is CC(C)(C)OC(=O)N(Cc1cccs1)c1snc2c(-n3ccnc3)csc12. The molecule has 0 spiro atoms. The molecule has 4 rings (SSSR count). The van der Waals surface area contributed by atoms with Crippen LogP contribution in [0.25, 0.3) is 15.9 Å². The molecule has 9 heteroatoms.